The molecule has 0 heterocycles. The lowest BCUT2D eigenvalue weighted by Gasteiger charge is -2.27. The third-order valence-electron chi connectivity index (χ3n) is 5.50. The van der Waals surface area contributed by atoms with Crippen molar-refractivity contribution in [1.82, 2.24) is 4.90 Å². The zero-order valence-corrected chi connectivity index (χ0v) is 14.0. The molecule has 114 valence electrons. The summed E-state index contributed by atoms with van der Waals surface area (Å²) in [5, 5.41) is 0. The molecule has 3 heteroatoms. The van der Waals surface area contributed by atoms with Crippen LogP contribution in [0.5, 0.6) is 0 Å². The summed E-state index contributed by atoms with van der Waals surface area (Å²) in [5.41, 5.74) is 9.35. The van der Waals surface area contributed by atoms with Gasteiger partial charge in [-0.25, -0.2) is 0 Å². The summed E-state index contributed by atoms with van der Waals surface area (Å²) in [4.78, 5) is 2.98. The molecule has 21 heavy (non-hydrogen) atoms. The van der Waals surface area contributed by atoms with Crippen molar-refractivity contribution in [2.24, 2.45) is 23.5 Å². The standard InChI is InChI=1S/C18H26N2S/c1-12-7-15(18(19)21)5-6-16(12)10-20(2)11-17-9-13-3-4-14(17)8-13/h5-7,13-14,17H,3-4,8-11H2,1-2H3,(H2,19,21). The maximum atomic E-state index is 5.70. The van der Waals surface area contributed by atoms with Gasteiger partial charge in [0, 0.05) is 18.7 Å². The number of benzene rings is 1. The quantitative estimate of drug-likeness (QED) is 0.844. The number of hydrogen-bond donors (Lipinski definition) is 1. The third kappa shape index (κ3) is 3.29. The summed E-state index contributed by atoms with van der Waals surface area (Å²) in [7, 11) is 2.26. The third-order valence-corrected chi connectivity index (χ3v) is 5.73. The molecule has 0 aromatic heterocycles. The average molecular weight is 302 g/mol. The van der Waals surface area contributed by atoms with Crippen molar-refractivity contribution in [3.8, 4) is 0 Å². The van der Waals surface area contributed by atoms with Gasteiger partial charge in [0.2, 0.25) is 0 Å². The zero-order valence-electron chi connectivity index (χ0n) is 13.1. The lowest BCUT2D eigenvalue weighted by molar-refractivity contribution is 0.214. The molecule has 2 aliphatic rings. The average Bonchev–Trinajstić information content (AvgIpc) is 3.03. The van der Waals surface area contributed by atoms with E-state index < -0.39 is 0 Å². The van der Waals surface area contributed by atoms with Crippen molar-refractivity contribution in [1.29, 1.82) is 0 Å². The monoisotopic (exact) mass is 302 g/mol. The van der Waals surface area contributed by atoms with Crippen LogP contribution in [0.2, 0.25) is 0 Å². The van der Waals surface area contributed by atoms with Gasteiger partial charge < -0.3 is 10.6 Å². The van der Waals surface area contributed by atoms with E-state index in [9.17, 15) is 0 Å². The van der Waals surface area contributed by atoms with Gasteiger partial charge in [0.15, 0.2) is 0 Å². The van der Waals surface area contributed by atoms with E-state index in [2.05, 4.69) is 37.1 Å². The molecule has 0 amide bonds. The summed E-state index contributed by atoms with van der Waals surface area (Å²) < 4.78 is 0. The van der Waals surface area contributed by atoms with Crippen LogP contribution >= 0.6 is 12.2 Å². The van der Waals surface area contributed by atoms with Crippen molar-refractivity contribution >= 4 is 17.2 Å². The number of thiocarbonyl (C=S) groups is 1. The van der Waals surface area contributed by atoms with Crippen LogP contribution < -0.4 is 5.73 Å². The fraction of sp³-hybridized carbons (Fsp3) is 0.611. The first kappa shape index (κ1) is 15.0. The van der Waals surface area contributed by atoms with Gasteiger partial charge in [-0.2, -0.15) is 0 Å². The van der Waals surface area contributed by atoms with E-state index in [1.807, 2.05) is 0 Å². The van der Waals surface area contributed by atoms with Crippen LogP contribution in [0.15, 0.2) is 18.2 Å². The molecule has 2 aliphatic carbocycles. The summed E-state index contributed by atoms with van der Waals surface area (Å²) in [6, 6.07) is 6.35. The molecule has 3 unspecified atom stereocenters. The first-order chi connectivity index (χ1) is 10.0. The molecule has 2 saturated carbocycles. The molecule has 2 bridgehead atoms. The SMILES string of the molecule is Cc1cc(C(N)=S)ccc1CN(C)CC1CC2CCC1C2. The fourth-order valence-electron chi connectivity index (χ4n) is 4.38. The van der Waals surface area contributed by atoms with Gasteiger partial charge in [-0.3, -0.25) is 0 Å². The summed E-state index contributed by atoms with van der Waals surface area (Å²) in [6.45, 7) is 4.43. The Morgan fingerprint density at radius 2 is 2.14 bits per heavy atom. The summed E-state index contributed by atoms with van der Waals surface area (Å²) in [6.07, 6.45) is 5.93. The van der Waals surface area contributed by atoms with Crippen LogP contribution in [0.25, 0.3) is 0 Å². The van der Waals surface area contributed by atoms with Gasteiger partial charge >= 0.3 is 0 Å². The second-order valence-electron chi connectivity index (χ2n) is 7.14. The van der Waals surface area contributed by atoms with Gasteiger partial charge in [0.25, 0.3) is 0 Å². The Bertz CT molecular complexity index is 540. The molecule has 0 radical (unpaired) electrons. The van der Waals surface area contributed by atoms with Crippen LogP contribution in [-0.4, -0.2) is 23.5 Å². The number of aryl methyl sites for hydroxylation is 1. The Hall–Kier alpha value is -0.930. The molecule has 1 aromatic carbocycles. The highest BCUT2D eigenvalue weighted by Gasteiger charge is 2.39. The summed E-state index contributed by atoms with van der Waals surface area (Å²) >= 11 is 5.05. The van der Waals surface area contributed by atoms with Crippen LogP contribution in [0.4, 0.5) is 0 Å². The second-order valence-corrected chi connectivity index (χ2v) is 7.58. The van der Waals surface area contributed by atoms with Crippen molar-refractivity contribution in [3.63, 3.8) is 0 Å². The first-order valence-electron chi connectivity index (χ1n) is 8.11. The van der Waals surface area contributed by atoms with E-state index >= 15 is 0 Å². The van der Waals surface area contributed by atoms with Crippen LogP contribution in [0, 0.1) is 24.7 Å². The number of rotatable bonds is 5. The highest BCUT2D eigenvalue weighted by atomic mass is 32.1. The molecule has 2 fully saturated rings. The smallest absolute Gasteiger partial charge is 0.103 e. The maximum absolute atomic E-state index is 5.70. The van der Waals surface area contributed by atoms with Gasteiger partial charge in [-0.15, -0.1) is 0 Å². The zero-order chi connectivity index (χ0) is 15.0. The van der Waals surface area contributed by atoms with Crippen LogP contribution in [0.1, 0.15) is 42.4 Å². The van der Waals surface area contributed by atoms with Crippen LogP contribution in [-0.2, 0) is 6.54 Å². The predicted molar refractivity (Wildman–Crippen MR) is 92.3 cm³/mol. The normalized spacial score (nSPS) is 27.5. The topological polar surface area (TPSA) is 29.3 Å². The van der Waals surface area contributed by atoms with Gasteiger partial charge in [0.1, 0.15) is 4.99 Å². The molecule has 2 nitrogen and oxygen atoms in total. The Kier molecular flexibility index (Phi) is 4.32. The lowest BCUT2D eigenvalue weighted by Crippen LogP contribution is -2.28. The molecular formula is C18H26N2S. The molecule has 1 aromatic rings. The van der Waals surface area contributed by atoms with E-state index in [1.54, 1.807) is 0 Å². The van der Waals surface area contributed by atoms with Gasteiger partial charge in [0.05, 0.1) is 0 Å². The fourth-order valence-corrected chi connectivity index (χ4v) is 4.51. The largest absolute Gasteiger partial charge is 0.389 e. The minimum absolute atomic E-state index is 0.486. The van der Waals surface area contributed by atoms with Crippen molar-refractivity contribution in [2.45, 2.75) is 39.2 Å². The van der Waals surface area contributed by atoms with E-state index in [0.717, 1.165) is 29.9 Å². The van der Waals surface area contributed by atoms with Crippen molar-refractivity contribution < 1.29 is 0 Å². The van der Waals surface area contributed by atoms with Crippen molar-refractivity contribution in [2.75, 3.05) is 13.6 Å². The lowest BCUT2D eigenvalue weighted by atomic mass is 9.88. The summed E-state index contributed by atoms with van der Waals surface area (Å²) in [5.74, 6) is 2.99. The highest BCUT2D eigenvalue weighted by molar-refractivity contribution is 7.80. The first-order valence-corrected chi connectivity index (χ1v) is 8.51. The van der Waals surface area contributed by atoms with Gasteiger partial charge in [-0.1, -0.05) is 30.8 Å². The van der Waals surface area contributed by atoms with Gasteiger partial charge in [-0.05, 0) is 68.2 Å². The van der Waals surface area contributed by atoms with E-state index in [-0.39, 0.29) is 0 Å². The molecular weight excluding hydrogens is 276 g/mol. The maximum Gasteiger partial charge on any atom is 0.103 e. The number of hydrogen-bond acceptors (Lipinski definition) is 2. The van der Waals surface area contributed by atoms with Crippen molar-refractivity contribution in [3.05, 3.63) is 34.9 Å². The highest BCUT2D eigenvalue weighted by Crippen LogP contribution is 2.48. The Labute approximate surface area is 133 Å². The number of nitrogens with zero attached hydrogens (tertiary/aromatic N) is 1. The second kappa shape index (κ2) is 6.05. The number of fused-ring (bicyclic) bond motifs is 2. The molecule has 0 saturated heterocycles. The Morgan fingerprint density at radius 3 is 2.71 bits per heavy atom. The predicted octanol–water partition coefficient (Wildman–Crippen LogP) is 3.50. The molecule has 3 atom stereocenters. The van der Waals surface area contributed by atoms with Crippen LogP contribution in [0.3, 0.4) is 0 Å². The Balaban J connectivity index is 1.59. The van der Waals surface area contributed by atoms with E-state index in [4.69, 9.17) is 18.0 Å². The number of nitrogens with two attached hydrogens (primary N) is 1. The van der Waals surface area contributed by atoms with E-state index in [0.29, 0.717) is 4.99 Å². The minimum Gasteiger partial charge on any atom is -0.389 e. The molecule has 0 spiro atoms. The molecule has 2 N–H and O–H groups in total. The minimum atomic E-state index is 0.486. The molecule has 3 rings (SSSR count). The Morgan fingerprint density at radius 1 is 1.33 bits per heavy atom. The molecule has 0 aliphatic heterocycles. The van der Waals surface area contributed by atoms with E-state index in [1.165, 1.54) is 43.4 Å².